The summed E-state index contributed by atoms with van der Waals surface area (Å²) >= 11 is 1.59. The average Bonchev–Trinajstić information content (AvgIpc) is 3.15. The third-order valence-corrected chi connectivity index (χ3v) is 3.57. The van der Waals surface area contributed by atoms with Gasteiger partial charge in [0.25, 0.3) is 5.89 Å². The zero-order valence-corrected chi connectivity index (χ0v) is 11.8. The minimum atomic E-state index is 0.410. The van der Waals surface area contributed by atoms with Crippen molar-refractivity contribution in [2.75, 3.05) is 5.73 Å². The number of hydrogen-bond donors (Lipinski definition) is 1. The topological polar surface area (TPSA) is 95.7 Å². The molecule has 0 unspecified atom stereocenters. The van der Waals surface area contributed by atoms with E-state index in [-0.39, 0.29) is 0 Å². The van der Waals surface area contributed by atoms with E-state index in [9.17, 15) is 0 Å². The van der Waals surface area contributed by atoms with E-state index in [0.29, 0.717) is 24.1 Å². The van der Waals surface area contributed by atoms with Crippen molar-refractivity contribution in [3.05, 3.63) is 28.3 Å². The summed E-state index contributed by atoms with van der Waals surface area (Å²) in [6.07, 6.45) is 1.80. The molecular formula is C12H14N6OS. The lowest BCUT2D eigenvalue weighted by Crippen LogP contribution is -2.08. The molecule has 3 aromatic heterocycles. The van der Waals surface area contributed by atoms with Crippen LogP contribution in [-0.2, 0) is 13.0 Å². The molecule has 0 aliphatic carbocycles. The number of nitrogens with zero attached hydrogens (tertiary/aromatic N) is 5. The van der Waals surface area contributed by atoms with Crippen LogP contribution in [0.2, 0.25) is 0 Å². The van der Waals surface area contributed by atoms with Gasteiger partial charge >= 0.3 is 0 Å². The van der Waals surface area contributed by atoms with E-state index >= 15 is 0 Å². The van der Waals surface area contributed by atoms with Gasteiger partial charge in [0, 0.05) is 5.38 Å². The van der Waals surface area contributed by atoms with Crippen LogP contribution in [0, 0.1) is 0 Å². The van der Waals surface area contributed by atoms with Gasteiger partial charge in [0.05, 0.1) is 11.3 Å². The predicted molar refractivity (Wildman–Crippen MR) is 75.1 cm³/mol. The van der Waals surface area contributed by atoms with Gasteiger partial charge in [-0.05, 0) is 17.9 Å². The normalized spacial score (nSPS) is 11.1. The first-order valence-corrected chi connectivity index (χ1v) is 7.25. The van der Waals surface area contributed by atoms with E-state index in [1.165, 1.54) is 0 Å². The Hall–Kier alpha value is -2.22. The van der Waals surface area contributed by atoms with Crippen molar-refractivity contribution in [1.82, 2.24) is 25.1 Å². The van der Waals surface area contributed by atoms with Crippen LogP contribution in [0.3, 0.4) is 0 Å². The molecule has 0 radical (unpaired) electrons. The molecule has 0 saturated heterocycles. The Bertz CT molecular complexity index is 687. The second-order valence-corrected chi connectivity index (χ2v) is 5.14. The number of thiophene rings is 1. The molecule has 0 aliphatic rings. The third kappa shape index (κ3) is 2.42. The lowest BCUT2D eigenvalue weighted by Gasteiger charge is -2.02. The van der Waals surface area contributed by atoms with Gasteiger partial charge in [-0.15, -0.1) is 5.10 Å². The molecule has 0 fully saturated rings. The molecule has 3 aromatic rings. The molecule has 0 spiro atoms. The molecule has 20 heavy (non-hydrogen) atoms. The fourth-order valence-electron chi connectivity index (χ4n) is 1.92. The summed E-state index contributed by atoms with van der Waals surface area (Å²) in [5.74, 6) is 1.55. The fourth-order valence-corrected chi connectivity index (χ4v) is 2.55. The van der Waals surface area contributed by atoms with Gasteiger partial charge in [0.15, 0.2) is 11.6 Å². The molecule has 8 heteroatoms. The first-order valence-electron chi connectivity index (χ1n) is 6.31. The van der Waals surface area contributed by atoms with Gasteiger partial charge < -0.3 is 10.3 Å². The molecule has 0 saturated carbocycles. The second-order valence-electron chi connectivity index (χ2n) is 4.36. The highest BCUT2D eigenvalue weighted by molar-refractivity contribution is 7.08. The molecule has 0 bridgehead atoms. The minimum absolute atomic E-state index is 0.410. The first kappa shape index (κ1) is 12.8. The molecule has 0 atom stereocenters. The van der Waals surface area contributed by atoms with Crippen LogP contribution in [0.4, 0.5) is 5.82 Å². The standard InChI is InChI=1S/C12H14N6OS/c1-2-3-9-11(13)15-17-18(9)6-10-14-12(19-16-10)8-4-5-20-7-8/h4-5,7H,2-3,6,13H2,1H3. The maximum atomic E-state index is 5.81. The van der Waals surface area contributed by atoms with E-state index in [4.69, 9.17) is 10.3 Å². The first-order chi connectivity index (χ1) is 9.78. The summed E-state index contributed by atoms with van der Waals surface area (Å²) in [5, 5.41) is 15.8. The van der Waals surface area contributed by atoms with Crippen LogP contribution >= 0.6 is 11.3 Å². The average molecular weight is 290 g/mol. The molecular weight excluding hydrogens is 276 g/mol. The number of aromatic nitrogens is 5. The number of nitrogen functional groups attached to an aromatic ring is 1. The molecule has 7 nitrogen and oxygen atoms in total. The van der Waals surface area contributed by atoms with Crippen LogP contribution in [0.25, 0.3) is 11.5 Å². The molecule has 0 amide bonds. The number of rotatable bonds is 5. The lowest BCUT2D eigenvalue weighted by molar-refractivity contribution is 0.417. The smallest absolute Gasteiger partial charge is 0.258 e. The molecule has 3 heterocycles. The highest BCUT2D eigenvalue weighted by atomic mass is 32.1. The maximum Gasteiger partial charge on any atom is 0.258 e. The summed E-state index contributed by atoms with van der Waals surface area (Å²) in [7, 11) is 0. The Morgan fingerprint density at radius 3 is 3.10 bits per heavy atom. The maximum absolute atomic E-state index is 5.81. The van der Waals surface area contributed by atoms with E-state index in [2.05, 4.69) is 27.4 Å². The molecule has 0 aliphatic heterocycles. The van der Waals surface area contributed by atoms with E-state index in [1.54, 1.807) is 16.0 Å². The summed E-state index contributed by atoms with van der Waals surface area (Å²) in [4.78, 5) is 4.36. The highest BCUT2D eigenvalue weighted by Crippen LogP contribution is 2.20. The van der Waals surface area contributed by atoms with E-state index < -0.39 is 0 Å². The predicted octanol–water partition coefficient (Wildman–Crippen LogP) is 1.97. The molecule has 3 rings (SSSR count). The summed E-state index contributed by atoms with van der Waals surface area (Å²) < 4.78 is 6.96. The van der Waals surface area contributed by atoms with Crippen LogP contribution in [0.15, 0.2) is 21.3 Å². The van der Waals surface area contributed by atoms with Crippen molar-refractivity contribution < 1.29 is 4.52 Å². The Kier molecular flexibility index (Phi) is 3.46. The van der Waals surface area contributed by atoms with Gasteiger partial charge in [-0.2, -0.15) is 16.3 Å². The number of hydrogen-bond acceptors (Lipinski definition) is 7. The van der Waals surface area contributed by atoms with Gasteiger partial charge in [-0.3, -0.25) is 0 Å². The zero-order chi connectivity index (χ0) is 13.9. The van der Waals surface area contributed by atoms with Crippen LogP contribution in [-0.4, -0.2) is 25.1 Å². The van der Waals surface area contributed by atoms with Crippen molar-refractivity contribution in [2.45, 2.75) is 26.3 Å². The van der Waals surface area contributed by atoms with Crippen LogP contribution < -0.4 is 5.73 Å². The van der Waals surface area contributed by atoms with Crippen molar-refractivity contribution in [3.63, 3.8) is 0 Å². The highest BCUT2D eigenvalue weighted by Gasteiger charge is 2.14. The van der Waals surface area contributed by atoms with E-state index in [0.717, 1.165) is 24.1 Å². The second kappa shape index (κ2) is 5.41. The SMILES string of the molecule is CCCc1c(N)nnn1Cc1noc(-c2ccsc2)n1. The Morgan fingerprint density at radius 2 is 2.35 bits per heavy atom. The lowest BCUT2D eigenvalue weighted by atomic mass is 10.2. The summed E-state index contributed by atoms with van der Waals surface area (Å²) in [6, 6.07) is 1.94. The monoisotopic (exact) mass is 290 g/mol. The summed E-state index contributed by atoms with van der Waals surface area (Å²) in [6.45, 7) is 2.49. The van der Waals surface area contributed by atoms with Gasteiger partial charge in [-0.1, -0.05) is 23.7 Å². The van der Waals surface area contributed by atoms with Crippen LogP contribution in [0.1, 0.15) is 24.9 Å². The minimum Gasteiger partial charge on any atom is -0.381 e. The zero-order valence-electron chi connectivity index (χ0n) is 11.0. The van der Waals surface area contributed by atoms with E-state index in [1.807, 2.05) is 16.8 Å². The fraction of sp³-hybridized carbons (Fsp3) is 0.333. The largest absolute Gasteiger partial charge is 0.381 e. The number of anilines is 1. The Morgan fingerprint density at radius 1 is 1.45 bits per heavy atom. The molecule has 2 N–H and O–H groups in total. The van der Waals surface area contributed by atoms with Gasteiger partial charge in [-0.25, -0.2) is 4.68 Å². The number of nitrogens with two attached hydrogens (primary N) is 1. The summed E-state index contributed by atoms with van der Waals surface area (Å²) in [5.41, 5.74) is 7.65. The van der Waals surface area contributed by atoms with Crippen molar-refractivity contribution >= 4 is 17.2 Å². The van der Waals surface area contributed by atoms with Crippen molar-refractivity contribution in [3.8, 4) is 11.5 Å². The van der Waals surface area contributed by atoms with Gasteiger partial charge in [0.2, 0.25) is 0 Å². The van der Waals surface area contributed by atoms with Gasteiger partial charge in [0.1, 0.15) is 6.54 Å². The Labute approximate surface area is 119 Å². The van der Waals surface area contributed by atoms with Crippen LogP contribution in [0.5, 0.6) is 0 Å². The Balaban J connectivity index is 1.82. The quantitative estimate of drug-likeness (QED) is 0.771. The van der Waals surface area contributed by atoms with Crippen molar-refractivity contribution in [2.24, 2.45) is 0 Å². The van der Waals surface area contributed by atoms with Crippen molar-refractivity contribution in [1.29, 1.82) is 0 Å². The third-order valence-electron chi connectivity index (χ3n) is 2.88. The molecule has 0 aromatic carbocycles. The molecule has 104 valence electrons.